The van der Waals surface area contributed by atoms with Crippen LogP contribution in [-0.4, -0.2) is 15.5 Å². The van der Waals surface area contributed by atoms with Crippen molar-refractivity contribution in [1.29, 1.82) is 0 Å². The van der Waals surface area contributed by atoms with Crippen LogP contribution < -0.4 is 5.32 Å². The van der Waals surface area contributed by atoms with E-state index < -0.39 is 0 Å². The summed E-state index contributed by atoms with van der Waals surface area (Å²) in [5.74, 6) is 0.842. The first-order valence-electron chi connectivity index (χ1n) is 11.0. The fourth-order valence-electron chi connectivity index (χ4n) is 4.34. The van der Waals surface area contributed by atoms with Gasteiger partial charge in [0.05, 0.1) is 11.0 Å². The Morgan fingerprint density at radius 2 is 1.56 bits per heavy atom. The quantitative estimate of drug-likeness (QED) is 0.368. The normalized spacial score (nSPS) is 11.2. The number of hydrogen-bond acceptors (Lipinski definition) is 2. The van der Waals surface area contributed by atoms with Gasteiger partial charge < -0.3 is 9.88 Å². The fraction of sp³-hybridized carbons (Fsp3) is 0.143. The van der Waals surface area contributed by atoms with Gasteiger partial charge in [0.15, 0.2) is 0 Å². The summed E-state index contributed by atoms with van der Waals surface area (Å²) >= 11 is 0. The first-order chi connectivity index (χ1) is 15.7. The maximum atomic E-state index is 13.0. The van der Waals surface area contributed by atoms with E-state index in [2.05, 4.69) is 54.7 Å². The molecule has 0 aliphatic heterocycles. The lowest BCUT2D eigenvalue weighted by molar-refractivity contribution is -0.116. The minimum Gasteiger partial charge on any atom is -0.324 e. The summed E-state index contributed by atoms with van der Waals surface area (Å²) in [5, 5.41) is 5.52. The molecule has 0 spiro atoms. The van der Waals surface area contributed by atoms with E-state index in [9.17, 15) is 4.79 Å². The van der Waals surface area contributed by atoms with Gasteiger partial charge in [0.25, 0.3) is 0 Å². The number of fused-ring (bicyclic) bond motifs is 2. The lowest BCUT2D eigenvalue weighted by Crippen LogP contribution is -2.21. The van der Waals surface area contributed by atoms with Crippen molar-refractivity contribution in [3.05, 3.63) is 108 Å². The second-order valence-electron chi connectivity index (χ2n) is 7.98. The maximum Gasteiger partial charge on any atom is 0.244 e. The van der Waals surface area contributed by atoms with Crippen LogP contribution >= 0.6 is 0 Å². The van der Waals surface area contributed by atoms with Gasteiger partial charge in [-0.2, -0.15) is 0 Å². The number of aryl methyl sites for hydroxylation is 1. The van der Waals surface area contributed by atoms with Crippen LogP contribution in [0.4, 0.5) is 5.69 Å². The van der Waals surface area contributed by atoms with E-state index in [1.54, 1.807) is 0 Å². The van der Waals surface area contributed by atoms with E-state index in [1.165, 1.54) is 16.3 Å². The van der Waals surface area contributed by atoms with Crippen LogP contribution in [0.3, 0.4) is 0 Å². The van der Waals surface area contributed by atoms with E-state index in [4.69, 9.17) is 4.98 Å². The van der Waals surface area contributed by atoms with Crippen molar-refractivity contribution in [1.82, 2.24) is 9.55 Å². The molecule has 4 aromatic carbocycles. The minimum atomic E-state index is -0.0479. The van der Waals surface area contributed by atoms with E-state index in [-0.39, 0.29) is 12.5 Å². The number of hydrogen-bond donors (Lipinski definition) is 1. The summed E-state index contributed by atoms with van der Waals surface area (Å²) in [6, 6.07) is 30.7. The van der Waals surface area contributed by atoms with Crippen molar-refractivity contribution in [3.8, 4) is 0 Å². The molecular formula is C28H25N3O. The number of amides is 1. The molecule has 0 saturated heterocycles. The third-order valence-electron chi connectivity index (χ3n) is 5.94. The van der Waals surface area contributed by atoms with Gasteiger partial charge in [-0.05, 0) is 46.5 Å². The third kappa shape index (κ3) is 3.87. The highest BCUT2D eigenvalue weighted by Crippen LogP contribution is 2.24. The van der Waals surface area contributed by atoms with E-state index in [0.29, 0.717) is 6.42 Å². The molecule has 0 atom stereocenters. The molecule has 4 nitrogen and oxygen atoms in total. The zero-order valence-electron chi connectivity index (χ0n) is 18.1. The average molecular weight is 420 g/mol. The molecule has 0 saturated carbocycles. The zero-order chi connectivity index (χ0) is 21.9. The largest absolute Gasteiger partial charge is 0.324 e. The van der Waals surface area contributed by atoms with Crippen LogP contribution in [0, 0.1) is 0 Å². The van der Waals surface area contributed by atoms with Gasteiger partial charge in [-0.15, -0.1) is 0 Å². The van der Waals surface area contributed by atoms with Gasteiger partial charge in [0.2, 0.25) is 5.91 Å². The Kier molecular flexibility index (Phi) is 5.42. The summed E-state index contributed by atoms with van der Waals surface area (Å²) in [5.41, 5.74) is 5.09. The topological polar surface area (TPSA) is 46.9 Å². The number of carbonyl (C=O) groups is 1. The molecule has 0 aliphatic rings. The van der Waals surface area contributed by atoms with Crippen molar-refractivity contribution in [2.75, 3.05) is 5.32 Å². The van der Waals surface area contributed by atoms with Crippen molar-refractivity contribution < 1.29 is 4.79 Å². The van der Waals surface area contributed by atoms with Crippen LogP contribution in [0.1, 0.15) is 23.9 Å². The molecule has 5 aromatic rings. The van der Waals surface area contributed by atoms with Crippen molar-refractivity contribution >= 4 is 33.4 Å². The Morgan fingerprint density at radius 3 is 2.47 bits per heavy atom. The molecule has 0 fully saturated rings. The van der Waals surface area contributed by atoms with Crippen LogP contribution in [0.2, 0.25) is 0 Å². The Bertz CT molecular complexity index is 1410. The highest BCUT2D eigenvalue weighted by atomic mass is 16.1. The number of benzene rings is 4. The van der Waals surface area contributed by atoms with E-state index in [1.807, 2.05) is 53.1 Å². The molecule has 32 heavy (non-hydrogen) atoms. The summed E-state index contributed by atoms with van der Waals surface area (Å²) in [6.45, 7) is 2.31. The Morgan fingerprint density at radius 1 is 0.844 bits per heavy atom. The molecule has 1 heterocycles. The second-order valence-corrected chi connectivity index (χ2v) is 7.98. The first-order valence-corrected chi connectivity index (χ1v) is 11.0. The number of carbonyl (C=O) groups excluding carboxylic acids is 1. The molecule has 5 rings (SSSR count). The number of anilines is 1. The standard InChI is InChI=1S/C28H25N3O/c1-2-20-10-4-6-15-24(20)30-28(32)19-31-26-17-8-7-16-25(26)29-27(31)18-22-13-9-12-21-11-3-5-14-23(21)22/h3-17H,2,18-19H2,1H3,(H,30,32). The van der Waals surface area contributed by atoms with Gasteiger partial charge in [-0.1, -0.05) is 79.7 Å². The molecule has 1 amide bonds. The van der Waals surface area contributed by atoms with Gasteiger partial charge in [-0.3, -0.25) is 4.79 Å². The van der Waals surface area contributed by atoms with E-state index in [0.717, 1.165) is 34.5 Å². The van der Waals surface area contributed by atoms with Crippen molar-refractivity contribution in [2.24, 2.45) is 0 Å². The minimum absolute atomic E-state index is 0.0479. The molecule has 158 valence electrons. The predicted octanol–water partition coefficient (Wildman–Crippen LogP) is 5.98. The number of aromatic nitrogens is 2. The lowest BCUT2D eigenvalue weighted by atomic mass is 10.0. The molecule has 1 N–H and O–H groups in total. The SMILES string of the molecule is CCc1ccccc1NC(=O)Cn1c(Cc2cccc3ccccc23)nc2ccccc21. The Balaban J connectivity index is 1.50. The lowest BCUT2D eigenvalue weighted by Gasteiger charge is -2.13. The van der Waals surface area contributed by atoms with Gasteiger partial charge in [0, 0.05) is 12.1 Å². The van der Waals surface area contributed by atoms with Crippen molar-refractivity contribution in [2.45, 2.75) is 26.3 Å². The molecule has 0 aliphatic carbocycles. The molecule has 0 unspecified atom stereocenters. The highest BCUT2D eigenvalue weighted by molar-refractivity contribution is 5.92. The molecule has 0 bridgehead atoms. The van der Waals surface area contributed by atoms with E-state index >= 15 is 0 Å². The van der Waals surface area contributed by atoms with Gasteiger partial charge in [-0.25, -0.2) is 4.98 Å². The number of nitrogens with zero attached hydrogens (tertiary/aromatic N) is 2. The zero-order valence-corrected chi connectivity index (χ0v) is 18.1. The van der Waals surface area contributed by atoms with Gasteiger partial charge in [0.1, 0.15) is 12.4 Å². The Hall–Kier alpha value is -3.92. The van der Waals surface area contributed by atoms with Crippen LogP contribution in [0.15, 0.2) is 91.0 Å². The highest BCUT2D eigenvalue weighted by Gasteiger charge is 2.16. The molecule has 0 radical (unpaired) electrons. The molecule has 4 heteroatoms. The van der Waals surface area contributed by atoms with Crippen LogP contribution in [0.25, 0.3) is 21.8 Å². The number of nitrogens with one attached hydrogen (secondary N) is 1. The monoisotopic (exact) mass is 419 g/mol. The predicted molar refractivity (Wildman–Crippen MR) is 131 cm³/mol. The molecule has 1 aromatic heterocycles. The van der Waals surface area contributed by atoms with Crippen LogP contribution in [-0.2, 0) is 24.2 Å². The summed E-state index contributed by atoms with van der Waals surface area (Å²) < 4.78 is 2.04. The van der Waals surface area contributed by atoms with Crippen molar-refractivity contribution in [3.63, 3.8) is 0 Å². The second kappa shape index (κ2) is 8.67. The average Bonchev–Trinajstić information content (AvgIpc) is 3.16. The first kappa shape index (κ1) is 20.0. The smallest absolute Gasteiger partial charge is 0.244 e. The maximum absolute atomic E-state index is 13.0. The third-order valence-corrected chi connectivity index (χ3v) is 5.94. The summed E-state index contributed by atoms with van der Waals surface area (Å²) in [4.78, 5) is 17.9. The summed E-state index contributed by atoms with van der Waals surface area (Å²) in [6.07, 6.45) is 1.53. The number of rotatable bonds is 6. The number of para-hydroxylation sites is 3. The fourth-order valence-corrected chi connectivity index (χ4v) is 4.34. The van der Waals surface area contributed by atoms with Gasteiger partial charge >= 0.3 is 0 Å². The Labute approximate surface area is 187 Å². The summed E-state index contributed by atoms with van der Waals surface area (Å²) in [7, 11) is 0. The number of imidazole rings is 1. The van der Waals surface area contributed by atoms with Crippen LogP contribution in [0.5, 0.6) is 0 Å². The molecular weight excluding hydrogens is 394 g/mol.